The third kappa shape index (κ3) is 4.03. The maximum Gasteiger partial charge on any atom is 0.418 e. The predicted molar refractivity (Wildman–Crippen MR) is 122 cm³/mol. The molecule has 0 radical (unpaired) electrons. The second-order valence-electron chi connectivity index (χ2n) is 7.38. The molecule has 0 atom stereocenters. The number of hydrogen-bond donors (Lipinski definition) is 0. The number of rotatable bonds is 4. The molecule has 0 aliphatic rings. The van der Waals surface area contributed by atoms with Crippen LogP contribution in [0.1, 0.15) is 21.5 Å². The van der Waals surface area contributed by atoms with Crippen molar-refractivity contribution in [2.24, 2.45) is 0 Å². The minimum Gasteiger partial charge on any atom is -0.422 e. The molecule has 5 aromatic rings. The number of hydrogen-bond acceptors (Lipinski definition) is 6. The van der Waals surface area contributed by atoms with Gasteiger partial charge in [-0.15, -0.1) is 0 Å². The number of benzene rings is 2. The number of alkyl halides is 3. The van der Waals surface area contributed by atoms with Gasteiger partial charge in [0.25, 0.3) is 5.91 Å². The van der Waals surface area contributed by atoms with E-state index in [4.69, 9.17) is 4.42 Å². The SMILES string of the molecule is O=C(c1cc2ccccc2oc1=O)N(Cc1cccnc1)c1nc2c(C(F)(F)F)cccc2s1. The van der Waals surface area contributed by atoms with Crippen molar-refractivity contribution in [1.82, 2.24) is 9.97 Å². The Labute approximate surface area is 193 Å². The molecular weight excluding hydrogens is 467 g/mol. The first-order chi connectivity index (χ1) is 16.3. The highest BCUT2D eigenvalue weighted by Crippen LogP contribution is 2.39. The number of amides is 1. The molecule has 0 bridgehead atoms. The van der Waals surface area contributed by atoms with Crippen molar-refractivity contribution in [2.75, 3.05) is 4.90 Å². The van der Waals surface area contributed by atoms with Crippen LogP contribution in [0.5, 0.6) is 0 Å². The number of fused-ring (bicyclic) bond motifs is 2. The summed E-state index contributed by atoms with van der Waals surface area (Å²) >= 11 is 0.928. The van der Waals surface area contributed by atoms with Gasteiger partial charge >= 0.3 is 11.8 Å². The summed E-state index contributed by atoms with van der Waals surface area (Å²) in [6, 6.07) is 15.2. The van der Waals surface area contributed by atoms with Gasteiger partial charge in [0.1, 0.15) is 11.1 Å². The van der Waals surface area contributed by atoms with Crippen molar-refractivity contribution in [3.63, 3.8) is 0 Å². The first-order valence-electron chi connectivity index (χ1n) is 10.0. The van der Waals surface area contributed by atoms with E-state index in [1.807, 2.05) is 0 Å². The number of anilines is 1. The molecule has 3 heterocycles. The Balaban J connectivity index is 1.66. The van der Waals surface area contributed by atoms with Crippen molar-refractivity contribution in [2.45, 2.75) is 12.7 Å². The average Bonchev–Trinajstić information content (AvgIpc) is 3.25. The number of halogens is 3. The van der Waals surface area contributed by atoms with Crippen molar-refractivity contribution in [3.8, 4) is 0 Å². The van der Waals surface area contributed by atoms with Gasteiger partial charge in [0.2, 0.25) is 0 Å². The molecule has 1 amide bonds. The highest BCUT2D eigenvalue weighted by molar-refractivity contribution is 7.22. The van der Waals surface area contributed by atoms with E-state index in [1.165, 1.54) is 29.3 Å². The zero-order chi connectivity index (χ0) is 23.9. The lowest BCUT2D eigenvalue weighted by Gasteiger charge is -2.19. The summed E-state index contributed by atoms with van der Waals surface area (Å²) in [6.45, 7) is -0.0554. The van der Waals surface area contributed by atoms with Gasteiger partial charge in [-0.2, -0.15) is 13.2 Å². The van der Waals surface area contributed by atoms with Crippen molar-refractivity contribution < 1.29 is 22.4 Å². The third-order valence-corrected chi connectivity index (χ3v) is 6.17. The highest BCUT2D eigenvalue weighted by Gasteiger charge is 2.34. The predicted octanol–water partition coefficient (Wildman–Crippen LogP) is 5.66. The second kappa shape index (κ2) is 8.38. The van der Waals surface area contributed by atoms with E-state index >= 15 is 0 Å². The molecule has 3 aromatic heterocycles. The summed E-state index contributed by atoms with van der Waals surface area (Å²) in [6.07, 6.45) is -1.53. The summed E-state index contributed by atoms with van der Waals surface area (Å²) in [5.74, 6) is -0.740. The first kappa shape index (κ1) is 21.8. The smallest absolute Gasteiger partial charge is 0.418 e. The van der Waals surface area contributed by atoms with Crippen LogP contribution in [0.15, 0.2) is 82.3 Å². The van der Waals surface area contributed by atoms with Gasteiger partial charge in [-0.05, 0) is 35.9 Å². The van der Waals surface area contributed by atoms with Gasteiger partial charge in [0, 0.05) is 17.8 Å². The number of carbonyl (C=O) groups is 1. The quantitative estimate of drug-likeness (QED) is 0.310. The van der Waals surface area contributed by atoms with Crippen LogP contribution in [0.4, 0.5) is 18.3 Å². The number of para-hydroxylation sites is 2. The van der Waals surface area contributed by atoms with Crippen LogP contribution in [0, 0.1) is 0 Å². The number of pyridine rings is 1. The Kier molecular flexibility index (Phi) is 5.37. The lowest BCUT2D eigenvalue weighted by atomic mass is 10.1. The minimum atomic E-state index is -4.61. The minimum absolute atomic E-state index is 0.0214. The first-order valence-corrected chi connectivity index (χ1v) is 10.8. The molecule has 0 saturated heterocycles. The van der Waals surface area contributed by atoms with Gasteiger partial charge in [-0.25, -0.2) is 9.78 Å². The maximum absolute atomic E-state index is 13.6. The Morgan fingerprint density at radius 2 is 1.88 bits per heavy atom. The standard InChI is InChI=1S/C24H14F3N3O3S/c25-24(26,27)17-7-3-9-19-20(17)29-23(34-19)30(13-14-5-4-10-28-12-14)21(31)16-11-15-6-1-2-8-18(15)33-22(16)32/h1-12H,13H2. The van der Waals surface area contributed by atoms with Crippen LogP contribution in [0.2, 0.25) is 0 Å². The number of nitrogens with zero attached hydrogens (tertiary/aromatic N) is 3. The molecule has 10 heteroatoms. The molecule has 0 fully saturated rings. The van der Waals surface area contributed by atoms with Gasteiger partial charge in [-0.3, -0.25) is 14.7 Å². The molecule has 0 unspecified atom stereocenters. The van der Waals surface area contributed by atoms with Gasteiger partial charge in [-0.1, -0.05) is 41.7 Å². The van der Waals surface area contributed by atoms with E-state index in [1.54, 1.807) is 42.6 Å². The van der Waals surface area contributed by atoms with Crippen LogP contribution in [0.25, 0.3) is 21.2 Å². The van der Waals surface area contributed by atoms with Gasteiger partial charge in [0.05, 0.1) is 22.3 Å². The van der Waals surface area contributed by atoms with Gasteiger partial charge < -0.3 is 4.42 Å². The van der Waals surface area contributed by atoms with E-state index in [0.29, 0.717) is 16.5 Å². The topological polar surface area (TPSA) is 76.3 Å². The monoisotopic (exact) mass is 481 g/mol. The lowest BCUT2D eigenvalue weighted by Crippen LogP contribution is -2.33. The number of aromatic nitrogens is 2. The molecule has 0 spiro atoms. The summed E-state index contributed by atoms with van der Waals surface area (Å²) < 4.78 is 46.1. The third-order valence-electron chi connectivity index (χ3n) is 5.12. The average molecular weight is 481 g/mol. The van der Waals surface area contributed by atoms with Crippen LogP contribution < -0.4 is 10.5 Å². The fourth-order valence-electron chi connectivity index (χ4n) is 3.54. The molecule has 0 N–H and O–H groups in total. The van der Waals surface area contributed by atoms with Crippen molar-refractivity contribution >= 4 is 43.6 Å². The lowest BCUT2D eigenvalue weighted by molar-refractivity contribution is -0.136. The van der Waals surface area contributed by atoms with E-state index < -0.39 is 23.3 Å². The van der Waals surface area contributed by atoms with Crippen LogP contribution in [-0.4, -0.2) is 15.9 Å². The van der Waals surface area contributed by atoms with Gasteiger partial charge in [0.15, 0.2) is 5.13 Å². The fourth-order valence-corrected chi connectivity index (χ4v) is 4.53. The molecule has 5 rings (SSSR count). The Morgan fingerprint density at radius 3 is 2.65 bits per heavy atom. The fraction of sp³-hybridized carbons (Fsp3) is 0.0833. The summed E-state index contributed by atoms with van der Waals surface area (Å²) in [7, 11) is 0. The number of carbonyl (C=O) groups excluding carboxylic acids is 1. The van der Waals surface area contributed by atoms with Crippen LogP contribution in [-0.2, 0) is 12.7 Å². The Bertz CT molecular complexity index is 1580. The van der Waals surface area contributed by atoms with Crippen LogP contribution in [0.3, 0.4) is 0 Å². The Hall–Kier alpha value is -4.05. The van der Waals surface area contributed by atoms with Crippen LogP contribution >= 0.6 is 11.3 Å². The molecule has 0 aliphatic carbocycles. The summed E-state index contributed by atoms with van der Waals surface area (Å²) in [5.41, 5.74) is -1.33. The maximum atomic E-state index is 13.6. The molecule has 0 saturated carbocycles. The number of thiazole rings is 1. The van der Waals surface area contributed by atoms with E-state index in [-0.39, 0.29) is 27.5 Å². The molecular formula is C24H14F3N3O3S. The van der Waals surface area contributed by atoms with E-state index in [0.717, 1.165) is 17.4 Å². The molecule has 34 heavy (non-hydrogen) atoms. The molecule has 2 aromatic carbocycles. The molecule has 0 aliphatic heterocycles. The summed E-state index contributed by atoms with van der Waals surface area (Å²) in [4.78, 5) is 35.6. The van der Waals surface area contributed by atoms with Crippen molar-refractivity contribution in [1.29, 1.82) is 0 Å². The van der Waals surface area contributed by atoms with Crippen molar-refractivity contribution in [3.05, 3.63) is 100 Å². The highest BCUT2D eigenvalue weighted by atomic mass is 32.1. The normalized spacial score (nSPS) is 11.7. The zero-order valence-electron chi connectivity index (χ0n) is 17.2. The van der Waals surface area contributed by atoms with E-state index in [2.05, 4.69) is 9.97 Å². The Morgan fingerprint density at radius 1 is 1.06 bits per heavy atom. The summed E-state index contributed by atoms with van der Waals surface area (Å²) in [5, 5.41) is 0.559. The molecule has 170 valence electrons. The molecule has 6 nitrogen and oxygen atoms in total. The second-order valence-corrected chi connectivity index (χ2v) is 8.39. The largest absolute Gasteiger partial charge is 0.422 e. The zero-order valence-corrected chi connectivity index (χ0v) is 18.1. The van der Waals surface area contributed by atoms with E-state index in [9.17, 15) is 22.8 Å².